The highest BCUT2D eigenvalue weighted by Gasteiger charge is 2.31. The third kappa shape index (κ3) is 2.78. The first-order valence-electron chi connectivity index (χ1n) is 5.04. The highest BCUT2D eigenvalue weighted by atomic mass is 79.9. The third-order valence-electron chi connectivity index (χ3n) is 2.53. The first-order chi connectivity index (χ1) is 7.47. The highest BCUT2D eigenvalue weighted by Crippen LogP contribution is 2.38. The van der Waals surface area contributed by atoms with E-state index in [9.17, 15) is 13.2 Å². The average Bonchev–Trinajstić information content (AvgIpc) is 2.39. The predicted molar refractivity (Wildman–Crippen MR) is 62.1 cm³/mol. The van der Waals surface area contributed by atoms with Crippen LogP contribution in [0.3, 0.4) is 0 Å². The van der Waals surface area contributed by atoms with Crippen molar-refractivity contribution in [2.24, 2.45) is 0 Å². The summed E-state index contributed by atoms with van der Waals surface area (Å²) in [7, 11) is 0. The normalized spacial score (nSPS) is 17.0. The van der Waals surface area contributed by atoms with Crippen LogP contribution in [0.25, 0.3) is 0 Å². The maximum absolute atomic E-state index is 12.3. The fourth-order valence-corrected chi connectivity index (χ4v) is 4.06. The molecule has 16 heavy (non-hydrogen) atoms. The lowest BCUT2D eigenvalue weighted by atomic mass is 10.1. The van der Waals surface area contributed by atoms with Crippen LogP contribution >= 0.6 is 27.3 Å². The van der Waals surface area contributed by atoms with Gasteiger partial charge in [0, 0.05) is 14.2 Å². The van der Waals surface area contributed by atoms with Gasteiger partial charge in [0.05, 0.1) is 6.42 Å². The largest absolute Gasteiger partial charge is 0.393 e. The van der Waals surface area contributed by atoms with Crippen molar-refractivity contribution >= 4 is 27.3 Å². The zero-order valence-electron chi connectivity index (χ0n) is 8.46. The minimum absolute atomic E-state index is 0.416. The molecule has 0 amide bonds. The number of rotatable bonds is 1. The molecule has 1 nitrogen and oxygen atoms in total. The van der Waals surface area contributed by atoms with Crippen LogP contribution in [0.1, 0.15) is 15.3 Å². The zero-order chi connectivity index (χ0) is 11.8. The summed E-state index contributed by atoms with van der Waals surface area (Å²) in [6.45, 7) is 1.69. The summed E-state index contributed by atoms with van der Waals surface area (Å²) in [6.07, 6.45) is -3.30. The van der Waals surface area contributed by atoms with Gasteiger partial charge >= 0.3 is 6.18 Å². The lowest BCUT2D eigenvalue weighted by Crippen LogP contribution is -2.16. The molecule has 6 heteroatoms. The van der Waals surface area contributed by atoms with Crippen LogP contribution in [0.2, 0.25) is 0 Å². The number of alkyl halides is 3. The molecule has 0 radical (unpaired) electrons. The third-order valence-corrected chi connectivity index (χ3v) is 5.05. The summed E-state index contributed by atoms with van der Waals surface area (Å²) in [5.41, 5.74) is 1.06. The SMILES string of the molecule is FC(F)(F)Cc1sc2c(c1Br)CCNCC2. The summed E-state index contributed by atoms with van der Waals surface area (Å²) >= 11 is 4.60. The van der Waals surface area contributed by atoms with E-state index in [0.29, 0.717) is 9.35 Å². The van der Waals surface area contributed by atoms with Gasteiger partial charge < -0.3 is 5.32 Å². The Bertz CT molecular complexity index is 386. The summed E-state index contributed by atoms with van der Waals surface area (Å²) in [6, 6.07) is 0. The van der Waals surface area contributed by atoms with E-state index in [0.717, 1.165) is 36.4 Å². The molecule has 1 N–H and O–H groups in total. The Morgan fingerprint density at radius 1 is 1.25 bits per heavy atom. The van der Waals surface area contributed by atoms with Gasteiger partial charge in [0.2, 0.25) is 0 Å². The van der Waals surface area contributed by atoms with Crippen LogP contribution in [-0.4, -0.2) is 19.3 Å². The number of thiophene rings is 1. The monoisotopic (exact) mass is 313 g/mol. The van der Waals surface area contributed by atoms with Gasteiger partial charge in [0.25, 0.3) is 0 Å². The molecule has 2 rings (SSSR count). The lowest BCUT2D eigenvalue weighted by molar-refractivity contribution is -0.126. The van der Waals surface area contributed by atoms with E-state index in [-0.39, 0.29) is 0 Å². The molecule has 1 aromatic heterocycles. The summed E-state index contributed by atoms with van der Waals surface area (Å²) in [5.74, 6) is 0. The van der Waals surface area contributed by atoms with Crippen molar-refractivity contribution < 1.29 is 13.2 Å². The van der Waals surface area contributed by atoms with Crippen LogP contribution in [0.5, 0.6) is 0 Å². The molecule has 2 heterocycles. The number of fused-ring (bicyclic) bond motifs is 1. The van der Waals surface area contributed by atoms with Crippen molar-refractivity contribution in [1.82, 2.24) is 5.32 Å². The molecule has 0 unspecified atom stereocenters. The van der Waals surface area contributed by atoms with Gasteiger partial charge in [-0.3, -0.25) is 0 Å². The maximum atomic E-state index is 12.3. The molecule has 0 fully saturated rings. The topological polar surface area (TPSA) is 12.0 Å². The number of hydrogen-bond donors (Lipinski definition) is 1. The number of halogens is 4. The molecule has 1 aliphatic rings. The average molecular weight is 314 g/mol. The zero-order valence-corrected chi connectivity index (χ0v) is 10.9. The van der Waals surface area contributed by atoms with Crippen LogP contribution in [0, 0.1) is 0 Å². The smallest absolute Gasteiger partial charge is 0.316 e. The van der Waals surface area contributed by atoms with Crippen molar-refractivity contribution in [1.29, 1.82) is 0 Å². The van der Waals surface area contributed by atoms with Gasteiger partial charge in [-0.2, -0.15) is 13.2 Å². The minimum atomic E-state index is -4.12. The van der Waals surface area contributed by atoms with E-state index in [1.165, 1.54) is 11.3 Å². The quantitative estimate of drug-likeness (QED) is 0.839. The summed E-state index contributed by atoms with van der Waals surface area (Å²) in [4.78, 5) is 1.51. The number of nitrogens with one attached hydrogen (secondary N) is 1. The van der Waals surface area contributed by atoms with E-state index in [2.05, 4.69) is 21.2 Å². The summed E-state index contributed by atoms with van der Waals surface area (Å²) in [5, 5.41) is 3.24. The fraction of sp³-hybridized carbons (Fsp3) is 0.600. The Labute approximate surface area is 104 Å². The first kappa shape index (κ1) is 12.4. The van der Waals surface area contributed by atoms with E-state index >= 15 is 0 Å². The molecule has 0 saturated heterocycles. The molecule has 1 aliphatic heterocycles. The summed E-state index contributed by atoms with van der Waals surface area (Å²) < 4.78 is 37.7. The minimum Gasteiger partial charge on any atom is -0.316 e. The van der Waals surface area contributed by atoms with Gasteiger partial charge in [-0.05, 0) is 47.4 Å². The van der Waals surface area contributed by atoms with E-state index < -0.39 is 12.6 Å². The second kappa shape index (κ2) is 4.66. The molecular weight excluding hydrogens is 303 g/mol. The van der Waals surface area contributed by atoms with E-state index in [1.54, 1.807) is 0 Å². The Kier molecular flexibility index (Phi) is 3.61. The van der Waals surface area contributed by atoms with Gasteiger partial charge in [-0.15, -0.1) is 11.3 Å². The van der Waals surface area contributed by atoms with Crippen LogP contribution in [0.15, 0.2) is 4.47 Å². The van der Waals surface area contributed by atoms with Crippen molar-refractivity contribution in [3.63, 3.8) is 0 Å². The van der Waals surface area contributed by atoms with Crippen molar-refractivity contribution in [2.75, 3.05) is 13.1 Å². The van der Waals surface area contributed by atoms with E-state index in [4.69, 9.17) is 0 Å². The van der Waals surface area contributed by atoms with Crippen molar-refractivity contribution in [3.8, 4) is 0 Å². The maximum Gasteiger partial charge on any atom is 0.393 e. The molecular formula is C10H11BrF3NS. The molecule has 0 saturated carbocycles. The number of hydrogen-bond acceptors (Lipinski definition) is 2. The first-order valence-corrected chi connectivity index (χ1v) is 6.64. The van der Waals surface area contributed by atoms with Crippen molar-refractivity contribution in [3.05, 3.63) is 19.8 Å². The Balaban J connectivity index is 2.28. The molecule has 0 spiro atoms. The van der Waals surface area contributed by atoms with Crippen molar-refractivity contribution in [2.45, 2.75) is 25.4 Å². The highest BCUT2D eigenvalue weighted by molar-refractivity contribution is 9.10. The molecule has 90 valence electrons. The van der Waals surface area contributed by atoms with Crippen LogP contribution < -0.4 is 5.32 Å². The van der Waals surface area contributed by atoms with Crippen LogP contribution in [0.4, 0.5) is 13.2 Å². The van der Waals surface area contributed by atoms with Gasteiger partial charge in [0.1, 0.15) is 0 Å². The standard InChI is InChI=1S/C10H11BrF3NS/c11-9-6-1-3-15-4-2-7(6)16-8(9)5-10(12,13)14/h15H,1-5H2. The molecule has 1 aromatic rings. The predicted octanol–water partition coefficient (Wildman–Crippen LogP) is 3.30. The Morgan fingerprint density at radius 3 is 2.62 bits per heavy atom. The second-order valence-electron chi connectivity index (χ2n) is 3.78. The van der Waals surface area contributed by atoms with Gasteiger partial charge in [-0.1, -0.05) is 0 Å². The van der Waals surface area contributed by atoms with Gasteiger partial charge in [0.15, 0.2) is 0 Å². The van der Waals surface area contributed by atoms with E-state index in [1.807, 2.05) is 0 Å². The fourth-order valence-electron chi connectivity index (χ4n) is 1.83. The Hall–Kier alpha value is -0.0700. The molecule has 0 bridgehead atoms. The second-order valence-corrected chi connectivity index (χ2v) is 5.77. The lowest BCUT2D eigenvalue weighted by Gasteiger charge is -2.05. The molecule has 0 aliphatic carbocycles. The van der Waals surface area contributed by atoms with Gasteiger partial charge in [-0.25, -0.2) is 0 Å². The molecule has 0 atom stereocenters. The Morgan fingerprint density at radius 2 is 1.94 bits per heavy atom. The molecule has 0 aromatic carbocycles. The van der Waals surface area contributed by atoms with Crippen LogP contribution in [-0.2, 0) is 19.3 Å².